The number of hydrogen-bond acceptors (Lipinski definition) is 3. The van der Waals surface area contributed by atoms with Crippen molar-refractivity contribution in [2.75, 3.05) is 11.9 Å². The molecule has 0 bridgehead atoms. The molecule has 1 amide bonds. The number of nitrogens with two attached hydrogens (primary N) is 1. The fraction of sp³-hybridized carbons (Fsp3) is 0.562. The number of carbonyl (C=O) groups is 1. The molecule has 20 heavy (non-hydrogen) atoms. The van der Waals surface area contributed by atoms with Crippen LogP contribution in [0.3, 0.4) is 0 Å². The van der Waals surface area contributed by atoms with Crippen LogP contribution in [0.25, 0.3) is 0 Å². The van der Waals surface area contributed by atoms with Crippen molar-refractivity contribution >= 4 is 11.6 Å². The van der Waals surface area contributed by atoms with E-state index in [-0.39, 0.29) is 24.5 Å². The minimum Gasteiger partial charge on any atom is -0.396 e. The quantitative estimate of drug-likeness (QED) is 0.683. The number of hydrogen-bond donors (Lipinski definition) is 3. The van der Waals surface area contributed by atoms with Crippen LogP contribution in [0, 0.1) is 5.92 Å². The van der Waals surface area contributed by atoms with Gasteiger partial charge < -0.3 is 16.2 Å². The summed E-state index contributed by atoms with van der Waals surface area (Å²) in [5, 5.41) is 11.8. The first-order valence-electron chi connectivity index (χ1n) is 7.29. The van der Waals surface area contributed by atoms with Crippen LogP contribution < -0.4 is 11.1 Å². The number of aliphatic hydroxyl groups excluding tert-OH is 1. The zero-order valence-electron chi connectivity index (χ0n) is 12.4. The first kappa shape index (κ1) is 16.7. The van der Waals surface area contributed by atoms with E-state index in [0.717, 1.165) is 30.5 Å². The second kappa shape index (κ2) is 8.72. The second-order valence-electron chi connectivity index (χ2n) is 5.47. The van der Waals surface area contributed by atoms with E-state index >= 15 is 0 Å². The third kappa shape index (κ3) is 6.17. The Hall–Kier alpha value is -1.39. The van der Waals surface area contributed by atoms with Gasteiger partial charge in [-0.25, -0.2) is 0 Å². The molecular formula is C16H26N2O2. The average Bonchev–Trinajstić information content (AvgIpc) is 2.40. The lowest BCUT2D eigenvalue weighted by Crippen LogP contribution is -2.21. The van der Waals surface area contributed by atoms with Crippen LogP contribution in [-0.2, 0) is 11.2 Å². The summed E-state index contributed by atoms with van der Waals surface area (Å²) in [5.41, 5.74) is 7.57. The van der Waals surface area contributed by atoms with E-state index in [1.807, 2.05) is 38.1 Å². The van der Waals surface area contributed by atoms with E-state index in [1.165, 1.54) is 0 Å². The predicted molar refractivity (Wildman–Crippen MR) is 82.5 cm³/mol. The van der Waals surface area contributed by atoms with Crippen molar-refractivity contribution in [3.05, 3.63) is 29.8 Å². The molecule has 0 aliphatic heterocycles. The number of carbonyl (C=O) groups excluding carboxylic acids is 1. The zero-order valence-corrected chi connectivity index (χ0v) is 12.4. The normalized spacial score (nSPS) is 13.8. The minimum absolute atomic E-state index is 0.00846. The maximum Gasteiger partial charge on any atom is 0.227 e. The Morgan fingerprint density at radius 1 is 1.25 bits per heavy atom. The van der Waals surface area contributed by atoms with E-state index in [9.17, 15) is 4.79 Å². The predicted octanol–water partition coefficient (Wildman–Crippen LogP) is 2.31. The lowest BCUT2D eigenvalue weighted by molar-refractivity contribution is -0.119. The van der Waals surface area contributed by atoms with Crippen molar-refractivity contribution < 1.29 is 9.90 Å². The number of anilines is 1. The van der Waals surface area contributed by atoms with E-state index in [2.05, 4.69) is 5.32 Å². The highest BCUT2D eigenvalue weighted by molar-refractivity contribution is 5.92. The molecule has 4 heteroatoms. The highest BCUT2D eigenvalue weighted by Crippen LogP contribution is 2.14. The van der Waals surface area contributed by atoms with Gasteiger partial charge in [0.2, 0.25) is 5.91 Å². The number of aliphatic hydroxyl groups is 1. The molecule has 2 unspecified atom stereocenters. The first-order chi connectivity index (χ1) is 9.52. The summed E-state index contributed by atoms with van der Waals surface area (Å²) < 4.78 is 0. The molecule has 112 valence electrons. The summed E-state index contributed by atoms with van der Waals surface area (Å²) >= 11 is 0. The minimum atomic E-state index is -0.00846. The van der Waals surface area contributed by atoms with Gasteiger partial charge in [-0.3, -0.25) is 4.79 Å². The van der Waals surface area contributed by atoms with Gasteiger partial charge in [0.1, 0.15) is 0 Å². The largest absolute Gasteiger partial charge is 0.396 e. The molecule has 0 saturated carbocycles. The van der Waals surface area contributed by atoms with Gasteiger partial charge in [0.15, 0.2) is 0 Å². The Balaban J connectivity index is 2.40. The van der Waals surface area contributed by atoms with Crippen LogP contribution >= 0.6 is 0 Å². The number of benzene rings is 1. The molecule has 0 aliphatic carbocycles. The fourth-order valence-electron chi connectivity index (χ4n) is 2.03. The fourth-order valence-corrected chi connectivity index (χ4v) is 2.03. The molecule has 0 radical (unpaired) electrons. The molecule has 1 rings (SSSR count). The molecule has 2 atom stereocenters. The third-order valence-corrected chi connectivity index (χ3v) is 3.37. The molecule has 1 aromatic rings. The van der Waals surface area contributed by atoms with Gasteiger partial charge >= 0.3 is 0 Å². The second-order valence-corrected chi connectivity index (χ2v) is 5.47. The summed E-state index contributed by atoms with van der Waals surface area (Å²) in [6, 6.07) is 7.79. The van der Waals surface area contributed by atoms with Crippen LogP contribution in [0.15, 0.2) is 24.3 Å². The number of nitrogens with one attached hydrogen (secondary N) is 1. The van der Waals surface area contributed by atoms with Gasteiger partial charge in [-0.2, -0.15) is 0 Å². The summed E-state index contributed by atoms with van der Waals surface area (Å²) in [7, 11) is 0. The molecular weight excluding hydrogens is 252 g/mol. The molecule has 0 aliphatic rings. The third-order valence-electron chi connectivity index (χ3n) is 3.37. The van der Waals surface area contributed by atoms with Crippen molar-refractivity contribution in [1.82, 2.24) is 0 Å². The van der Waals surface area contributed by atoms with Gasteiger partial charge in [0.05, 0.1) is 0 Å². The van der Waals surface area contributed by atoms with Gasteiger partial charge in [-0.05, 0) is 43.9 Å². The van der Waals surface area contributed by atoms with E-state index in [4.69, 9.17) is 10.8 Å². The van der Waals surface area contributed by atoms with Crippen molar-refractivity contribution in [2.45, 2.75) is 45.6 Å². The lowest BCUT2D eigenvalue weighted by Gasteiger charge is -2.13. The van der Waals surface area contributed by atoms with Crippen molar-refractivity contribution in [2.24, 2.45) is 11.7 Å². The smallest absolute Gasteiger partial charge is 0.227 e. The molecule has 0 aromatic heterocycles. The van der Waals surface area contributed by atoms with Gasteiger partial charge in [0, 0.05) is 24.3 Å². The highest BCUT2D eigenvalue weighted by atomic mass is 16.2. The summed E-state index contributed by atoms with van der Waals surface area (Å²) in [5.74, 6) is 0.0375. The number of amides is 1. The van der Waals surface area contributed by atoms with Crippen molar-refractivity contribution in [1.29, 1.82) is 0 Å². The monoisotopic (exact) mass is 278 g/mol. The molecule has 4 N–H and O–H groups in total. The Kier molecular flexibility index (Phi) is 7.26. The molecule has 1 aromatic carbocycles. The Morgan fingerprint density at radius 3 is 2.45 bits per heavy atom. The van der Waals surface area contributed by atoms with Crippen LogP contribution in [0.2, 0.25) is 0 Å². The van der Waals surface area contributed by atoms with Crippen LogP contribution in [-0.4, -0.2) is 23.7 Å². The van der Waals surface area contributed by atoms with Crippen molar-refractivity contribution in [3.63, 3.8) is 0 Å². The summed E-state index contributed by atoms with van der Waals surface area (Å²) in [6.07, 6.45) is 3.42. The van der Waals surface area contributed by atoms with E-state index < -0.39 is 0 Å². The Labute approximate surface area is 121 Å². The summed E-state index contributed by atoms with van der Waals surface area (Å²) in [4.78, 5) is 12.0. The zero-order chi connectivity index (χ0) is 15.0. The van der Waals surface area contributed by atoms with Gasteiger partial charge in [-0.1, -0.05) is 25.5 Å². The summed E-state index contributed by atoms with van der Waals surface area (Å²) in [6.45, 7) is 4.07. The van der Waals surface area contributed by atoms with E-state index in [1.54, 1.807) is 0 Å². The van der Waals surface area contributed by atoms with E-state index in [0.29, 0.717) is 6.42 Å². The molecule has 0 heterocycles. The molecule has 0 fully saturated rings. The van der Waals surface area contributed by atoms with Gasteiger partial charge in [-0.15, -0.1) is 0 Å². The first-order valence-corrected chi connectivity index (χ1v) is 7.29. The van der Waals surface area contributed by atoms with Crippen LogP contribution in [0.1, 0.15) is 38.7 Å². The lowest BCUT2D eigenvalue weighted by atomic mass is 10.0. The van der Waals surface area contributed by atoms with Gasteiger partial charge in [0.25, 0.3) is 0 Å². The Morgan fingerprint density at radius 2 is 1.90 bits per heavy atom. The SMILES string of the molecule is CC(N)CCCC(C)C(=O)Nc1ccc(CCO)cc1. The molecule has 4 nitrogen and oxygen atoms in total. The average molecular weight is 278 g/mol. The maximum absolute atomic E-state index is 12.0. The topological polar surface area (TPSA) is 75.4 Å². The molecule has 0 saturated heterocycles. The highest BCUT2D eigenvalue weighted by Gasteiger charge is 2.12. The van der Waals surface area contributed by atoms with Crippen LogP contribution in [0.4, 0.5) is 5.69 Å². The Bertz CT molecular complexity index is 401. The van der Waals surface area contributed by atoms with Crippen LogP contribution in [0.5, 0.6) is 0 Å². The standard InChI is InChI=1S/C16H26N2O2/c1-12(4-3-5-13(2)17)16(20)18-15-8-6-14(7-9-15)10-11-19/h6-9,12-13,19H,3-5,10-11,17H2,1-2H3,(H,18,20). The number of rotatable bonds is 8. The molecule has 0 spiro atoms. The van der Waals surface area contributed by atoms with Crippen molar-refractivity contribution in [3.8, 4) is 0 Å². The maximum atomic E-state index is 12.0.